The van der Waals surface area contributed by atoms with Gasteiger partial charge in [0.2, 0.25) is 0 Å². The molecule has 9 nitrogen and oxygen atoms in total. The third-order valence-electron chi connectivity index (χ3n) is 7.65. The van der Waals surface area contributed by atoms with Gasteiger partial charge < -0.3 is 14.2 Å². The zero-order valence-corrected chi connectivity index (χ0v) is 24.4. The number of carbonyl (C=O) groups is 3. The Morgan fingerprint density at radius 3 is 0.952 bits per heavy atom. The first-order chi connectivity index (χ1) is 20.4. The molecule has 0 radical (unpaired) electrons. The summed E-state index contributed by atoms with van der Waals surface area (Å²) in [5, 5.41) is 0. The molecule has 222 valence electrons. The zero-order chi connectivity index (χ0) is 29.9. The van der Waals surface area contributed by atoms with E-state index < -0.39 is 36.0 Å². The number of hydrogen-bond donors (Lipinski definition) is 0. The number of benzene rings is 3. The van der Waals surface area contributed by atoms with Crippen molar-refractivity contribution in [2.24, 2.45) is 0 Å². The molecule has 0 N–H and O–H groups in total. The maximum absolute atomic E-state index is 13.2. The van der Waals surface area contributed by atoms with Crippen LogP contribution in [-0.2, 0) is 47.9 Å². The molecule has 1 heterocycles. The SMILES string of the molecule is COC(=O)[C@H](Cc1ccccc1)N1CN([C@@H](Cc2ccccc2)C(=O)OC)CN([C@@H](Cc2ccccc2)C(=O)OC)C1. The number of nitrogens with zero attached hydrogens (tertiary/aromatic N) is 3. The van der Waals surface area contributed by atoms with Crippen molar-refractivity contribution < 1.29 is 28.6 Å². The summed E-state index contributed by atoms with van der Waals surface area (Å²) in [4.78, 5) is 45.6. The van der Waals surface area contributed by atoms with E-state index in [-0.39, 0.29) is 20.0 Å². The zero-order valence-electron chi connectivity index (χ0n) is 24.4. The maximum Gasteiger partial charge on any atom is 0.323 e. The van der Waals surface area contributed by atoms with Crippen LogP contribution in [0, 0.1) is 0 Å². The molecule has 0 amide bonds. The minimum absolute atomic E-state index is 0.287. The fourth-order valence-corrected chi connectivity index (χ4v) is 5.43. The van der Waals surface area contributed by atoms with Crippen LogP contribution in [-0.4, -0.2) is 92.1 Å². The summed E-state index contributed by atoms with van der Waals surface area (Å²) in [6.07, 6.45) is 1.20. The largest absolute Gasteiger partial charge is 0.468 e. The van der Waals surface area contributed by atoms with Gasteiger partial charge in [0.1, 0.15) is 18.1 Å². The van der Waals surface area contributed by atoms with Crippen LogP contribution < -0.4 is 0 Å². The van der Waals surface area contributed by atoms with Gasteiger partial charge in [-0.3, -0.25) is 29.1 Å². The second kappa shape index (κ2) is 15.3. The maximum atomic E-state index is 13.2. The van der Waals surface area contributed by atoms with Crippen LogP contribution >= 0.6 is 0 Å². The third-order valence-corrected chi connectivity index (χ3v) is 7.65. The van der Waals surface area contributed by atoms with Crippen LogP contribution in [0.25, 0.3) is 0 Å². The molecule has 0 unspecified atom stereocenters. The van der Waals surface area contributed by atoms with Gasteiger partial charge in [-0.2, -0.15) is 0 Å². The van der Waals surface area contributed by atoms with Crippen molar-refractivity contribution in [3.05, 3.63) is 108 Å². The van der Waals surface area contributed by atoms with Gasteiger partial charge in [0, 0.05) is 0 Å². The Hall–Kier alpha value is -4.05. The highest BCUT2D eigenvalue weighted by Crippen LogP contribution is 2.23. The van der Waals surface area contributed by atoms with Gasteiger partial charge in [-0.15, -0.1) is 0 Å². The molecule has 1 saturated heterocycles. The van der Waals surface area contributed by atoms with Gasteiger partial charge in [-0.1, -0.05) is 91.0 Å². The van der Waals surface area contributed by atoms with E-state index in [1.807, 2.05) is 106 Å². The number of esters is 3. The van der Waals surface area contributed by atoms with Gasteiger partial charge in [0.05, 0.1) is 41.3 Å². The van der Waals surface area contributed by atoms with Gasteiger partial charge in [0.15, 0.2) is 0 Å². The third kappa shape index (κ3) is 8.03. The average molecular weight is 574 g/mol. The van der Waals surface area contributed by atoms with Crippen molar-refractivity contribution in [2.45, 2.75) is 37.4 Å². The van der Waals surface area contributed by atoms with Gasteiger partial charge >= 0.3 is 17.9 Å². The standard InChI is InChI=1S/C33H39N3O6/c1-40-31(37)28(19-25-13-7-4-8-14-25)34-22-35(29(32(38)41-2)20-26-15-9-5-10-16-26)24-36(23-34)30(33(39)42-3)21-27-17-11-6-12-18-27/h4-18,28-30H,19-24H2,1-3H3/t28-,29-,30-/m0/s1. The number of hydrogen-bond acceptors (Lipinski definition) is 9. The van der Waals surface area contributed by atoms with Gasteiger partial charge in [-0.25, -0.2) is 0 Å². The van der Waals surface area contributed by atoms with E-state index in [2.05, 4.69) is 0 Å². The summed E-state index contributed by atoms with van der Waals surface area (Å²) in [5.74, 6) is -1.18. The topological polar surface area (TPSA) is 88.6 Å². The number of methoxy groups -OCH3 is 3. The minimum Gasteiger partial charge on any atom is -0.468 e. The lowest BCUT2D eigenvalue weighted by Gasteiger charge is -2.48. The lowest BCUT2D eigenvalue weighted by Crippen LogP contribution is -2.66. The van der Waals surface area contributed by atoms with Crippen LogP contribution in [0.15, 0.2) is 91.0 Å². The summed E-state index contributed by atoms with van der Waals surface area (Å²) in [5.41, 5.74) is 2.91. The predicted octanol–water partition coefficient (Wildman–Crippen LogP) is 3.13. The Morgan fingerprint density at radius 1 is 0.500 bits per heavy atom. The Labute approximate surface area is 247 Å². The Bertz CT molecular complexity index is 1120. The van der Waals surface area contributed by atoms with Crippen LogP contribution in [0.5, 0.6) is 0 Å². The van der Waals surface area contributed by atoms with E-state index in [9.17, 15) is 14.4 Å². The van der Waals surface area contributed by atoms with Gasteiger partial charge in [0.25, 0.3) is 0 Å². The lowest BCUT2D eigenvalue weighted by molar-refractivity contribution is -0.166. The second-order valence-corrected chi connectivity index (χ2v) is 10.4. The van der Waals surface area contributed by atoms with Crippen molar-refractivity contribution >= 4 is 17.9 Å². The van der Waals surface area contributed by atoms with Crippen LogP contribution in [0.1, 0.15) is 16.7 Å². The fourth-order valence-electron chi connectivity index (χ4n) is 5.43. The number of carbonyl (C=O) groups excluding carboxylic acids is 3. The molecule has 3 aromatic rings. The van der Waals surface area contributed by atoms with E-state index in [1.165, 1.54) is 21.3 Å². The van der Waals surface area contributed by atoms with E-state index in [0.29, 0.717) is 19.3 Å². The molecule has 4 rings (SSSR count). The lowest BCUT2D eigenvalue weighted by atomic mass is 10.0. The molecule has 42 heavy (non-hydrogen) atoms. The molecule has 0 saturated carbocycles. The average Bonchev–Trinajstić information content (AvgIpc) is 3.05. The molecule has 1 fully saturated rings. The number of ether oxygens (including phenoxy) is 3. The van der Waals surface area contributed by atoms with Crippen molar-refractivity contribution in [3.8, 4) is 0 Å². The molecular formula is C33H39N3O6. The highest BCUT2D eigenvalue weighted by Gasteiger charge is 2.41. The fraction of sp³-hybridized carbons (Fsp3) is 0.364. The van der Waals surface area contributed by atoms with Gasteiger partial charge in [-0.05, 0) is 36.0 Å². The molecule has 0 spiro atoms. The van der Waals surface area contributed by atoms with Crippen LogP contribution in [0.3, 0.4) is 0 Å². The summed E-state index contributed by atoms with van der Waals surface area (Å²) in [6.45, 7) is 0.860. The first-order valence-electron chi connectivity index (χ1n) is 14.0. The van der Waals surface area contributed by atoms with E-state index in [0.717, 1.165) is 16.7 Å². The Morgan fingerprint density at radius 2 is 0.738 bits per heavy atom. The molecule has 0 bridgehead atoms. The molecular weight excluding hydrogens is 534 g/mol. The Kier molecular flexibility index (Phi) is 11.2. The molecule has 9 heteroatoms. The quantitative estimate of drug-likeness (QED) is 0.240. The van der Waals surface area contributed by atoms with Crippen molar-refractivity contribution in [2.75, 3.05) is 41.3 Å². The molecule has 0 aliphatic carbocycles. The summed E-state index contributed by atoms with van der Waals surface area (Å²) < 4.78 is 15.8. The molecule has 3 atom stereocenters. The molecule has 1 aliphatic heterocycles. The molecule has 3 aromatic carbocycles. The predicted molar refractivity (Wildman–Crippen MR) is 158 cm³/mol. The molecule has 0 aromatic heterocycles. The van der Waals surface area contributed by atoms with Crippen molar-refractivity contribution in [1.82, 2.24) is 14.7 Å². The van der Waals surface area contributed by atoms with E-state index in [1.54, 1.807) is 0 Å². The summed E-state index contributed by atoms with van der Waals surface area (Å²) in [7, 11) is 4.12. The first-order valence-corrected chi connectivity index (χ1v) is 14.0. The first kappa shape index (κ1) is 30.9. The van der Waals surface area contributed by atoms with Crippen molar-refractivity contribution in [3.63, 3.8) is 0 Å². The van der Waals surface area contributed by atoms with E-state index >= 15 is 0 Å². The van der Waals surface area contributed by atoms with Crippen LogP contribution in [0.2, 0.25) is 0 Å². The normalized spacial score (nSPS) is 16.6. The molecule has 1 aliphatic rings. The smallest absolute Gasteiger partial charge is 0.323 e. The summed E-state index contributed by atoms with van der Waals surface area (Å²) in [6, 6.07) is 27.2. The monoisotopic (exact) mass is 573 g/mol. The van der Waals surface area contributed by atoms with E-state index in [4.69, 9.17) is 14.2 Å². The second-order valence-electron chi connectivity index (χ2n) is 10.4. The Balaban J connectivity index is 1.73. The van der Waals surface area contributed by atoms with Crippen LogP contribution in [0.4, 0.5) is 0 Å². The number of rotatable bonds is 12. The minimum atomic E-state index is -0.659. The highest BCUT2D eigenvalue weighted by molar-refractivity contribution is 5.78. The highest BCUT2D eigenvalue weighted by atomic mass is 16.5. The van der Waals surface area contributed by atoms with Crippen molar-refractivity contribution in [1.29, 1.82) is 0 Å². The summed E-state index contributed by atoms with van der Waals surface area (Å²) >= 11 is 0.